The lowest BCUT2D eigenvalue weighted by Crippen LogP contribution is -2.18. The first-order valence-electron chi connectivity index (χ1n) is 6.50. The molecule has 0 aromatic heterocycles. The van der Waals surface area contributed by atoms with E-state index in [1.54, 1.807) is 18.7 Å². The number of thioether (sulfide) groups is 1. The van der Waals surface area contributed by atoms with Gasteiger partial charge in [0.15, 0.2) is 0 Å². The minimum Gasteiger partial charge on any atom is -0.454 e. The van der Waals surface area contributed by atoms with Crippen molar-refractivity contribution in [2.45, 2.75) is 38.2 Å². The van der Waals surface area contributed by atoms with Gasteiger partial charge >= 0.3 is 5.97 Å². The first-order valence-corrected chi connectivity index (χ1v) is 7.72. The van der Waals surface area contributed by atoms with E-state index in [0.29, 0.717) is 5.57 Å². The third-order valence-electron chi connectivity index (χ3n) is 3.19. The van der Waals surface area contributed by atoms with Crippen molar-refractivity contribution in [3.05, 3.63) is 42.0 Å². The van der Waals surface area contributed by atoms with Crippen LogP contribution in [-0.2, 0) is 9.53 Å². The molecule has 3 heteroatoms. The molecule has 2 nitrogen and oxygen atoms in total. The van der Waals surface area contributed by atoms with Crippen LogP contribution >= 0.6 is 11.8 Å². The standard InChI is InChI=1S/C16H22O2S/c1-6-12(4)15(18-16(17)11(2)3)13-7-9-14(19-5)10-8-13/h7-10,12,15H,2,6H2,1,3-5H3. The number of carbonyl (C=O) groups is 1. The molecule has 0 aliphatic carbocycles. The predicted octanol–water partition coefficient (Wildman–Crippen LogP) is 4.62. The minimum absolute atomic E-state index is 0.204. The van der Waals surface area contributed by atoms with Crippen LogP contribution in [0.4, 0.5) is 0 Å². The predicted molar refractivity (Wildman–Crippen MR) is 81.3 cm³/mol. The van der Waals surface area contributed by atoms with Crippen molar-refractivity contribution in [2.75, 3.05) is 6.26 Å². The van der Waals surface area contributed by atoms with Gasteiger partial charge in [-0.3, -0.25) is 0 Å². The zero-order chi connectivity index (χ0) is 14.4. The summed E-state index contributed by atoms with van der Waals surface area (Å²) < 4.78 is 5.58. The van der Waals surface area contributed by atoms with Gasteiger partial charge in [-0.05, 0) is 43.2 Å². The molecule has 104 valence electrons. The van der Waals surface area contributed by atoms with Crippen LogP contribution in [0.2, 0.25) is 0 Å². The lowest BCUT2D eigenvalue weighted by Gasteiger charge is -2.24. The highest BCUT2D eigenvalue weighted by atomic mass is 32.2. The van der Waals surface area contributed by atoms with Crippen LogP contribution in [0.1, 0.15) is 38.9 Å². The second-order valence-corrected chi connectivity index (χ2v) is 5.64. The Hall–Kier alpha value is -1.22. The molecule has 0 saturated carbocycles. The van der Waals surface area contributed by atoms with Gasteiger partial charge < -0.3 is 4.74 Å². The number of hydrogen-bond donors (Lipinski definition) is 0. The van der Waals surface area contributed by atoms with Crippen molar-refractivity contribution in [2.24, 2.45) is 5.92 Å². The van der Waals surface area contributed by atoms with Crippen LogP contribution in [-0.4, -0.2) is 12.2 Å². The Bertz CT molecular complexity index is 437. The molecule has 19 heavy (non-hydrogen) atoms. The zero-order valence-electron chi connectivity index (χ0n) is 12.1. The van der Waals surface area contributed by atoms with Crippen molar-refractivity contribution < 1.29 is 9.53 Å². The average molecular weight is 278 g/mol. The van der Waals surface area contributed by atoms with Gasteiger partial charge in [0, 0.05) is 10.5 Å². The SMILES string of the molecule is C=C(C)C(=O)OC(c1ccc(SC)cc1)C(C)CC. The van der Waals surface area contributed by atoms with E-state index in [9.17, 15) is 4.79 Å². The average Bonchev–Trinajstić information content (AvgIpc) is 2.43. The molecule has 2 unspecified atom stereocenters. The van der Waals surface area contributed by atoms with E-state index in [2.05, 4.69) is 32.6 Å². The summed E-state index contributed by atoms with van der Waals surface area (Å²) in [4.78, 5) is 13.0. The largest absolute Gasteiger partial charge is 0.454 e. The summed E-state index contributed by atoms with van der Waals surface area (Å²) in [5, 5.41) is 0. The maximum atomic E-state index is 11.7. The van der Waals surface area contributed by atoms with E-state index in [-0.39, 0.29) is 18.0 Å². The summed E-state index contributed by atoms with van der Waals surface area (Å²) >= 11 is 1.70. The van der Waals surface area contributed by atoms with E-state index in [0.717, 1.165) is 12.0 Å². The molecule has 0 heterocycles. The molecule has 0 aliphatic heterocycles. The lowest BCUT2D eigenvalue weighted by atomic mass is 9.95. The Morgan fingerprint density at radius 3 is 2.37 bits per heavy atom. The molecule has 0 spiro atoms. The molecule has 2 atom stereocenters. The first-order chi connectivity index (χ1) is 8.99. The van der Waals surface area contributed by atoms with Crippen LogP contribution in [0.25, 0.3) is 0 Å². The molecular formula is C16H22O2S. The van der Waals surface area contributed by atoms with Gasteiger partial charge in [-0.1, -0.05) is 32.6 Å². The fourth-order valence-electron chi connectivity index (χ4n) is 1.74. The smallest absolute Gasteiger partial charge is 0.333 e. The van der Waals surface area contributed by atoms with Crippen molar-refractivity contribution in [1.29, 1.82) is 0 Å². The molecule has 0 saturated heterocycles. The second kappa shape index (κ2) is 7.39. The number of esters is 1. The van der Waals surface area contributed by atoms with Gasteiger partial charge in [-0.25, -0.2) is 4.79 Å². The minimum atomic E-state index is -0.320. The maximum Gasteiger partial charge on any atom is 0.333 e. The van der Waals surface area contributed by atoms with Gasteiger partial charge in [0.1, 0.15) is 6.10 Å². The normalized spacial score (nSPS) is 13.7. The number of hydrogen-bond acceptors (Lipinski definition) is 3. The zero-order valence-corrected chi connectivity index (χ0v) is 12.9. The molecule has 0 aliphatic rings. The lowest BCUT2D eigenvalue weighted by molar-refractivity contribution is -0.147. The van der Waals surface area contributed by atoms with Crippen molar-refractivity contribution >= 4 is 17.7 Å². The Balaban J connectivity index is 2.95. The molecular weight excluding hydrogens is 256 g/mol. The Labute approximate surface area is 120 Å². The topological polar surface area (TPSA) is 26.3 Å². The van der Waals surface area contributed by atoms with Crippen LogP contribution in [0, 0.1) is 5.92 Å². The van der Waals surface area contributed by atoms with Crippen molar-refractivity contribution in [1.82, 2.24) is 0 Å². The van der Waals surface area contributed by atoms with Crippen LogP contribution in [0.5, 0.6) is 0 Å². The molecule has 0 fully saturated rings. The third kappa shape index (κ3) is 4.43. The van der Waals surface area contributed by atoms with Gasteiger partial charge in [0.2, 0.25) is 0 Å². The summed E-state index contributed by atoms with van der Waals surface area (Å²) in [6.45, 7) is 9.51. The number of carbonyl (C=O) groups excluding carboxylic acids is 1. The van der Waals surface area contributed by atoms with E-state index in [4.69, 9.17) is 4.74 Å². The summed E-state index contributed by atoms with van der Waals surface area (Å²) in [6, 6.07) is 8.19. The van der Waals surface area contributed by atoms with Gasteiger partial charge in [0.25, 0.3) is 0 Å². The first kappa shape index (κ1) is 15.8. The Kier molecular flexibility index (Phi) is 6.16. The number of ether oxygens (including phenoxy) is 1. The molecule has 0 radical (unpaired) electrons. The van der Waals surface area contributed by atoms with Gasteiger partial charge in [-0.15, -0.1) is 11.8 Å². The Morgan fingerprint density at radius 2 is 1.95 bits per heavy atom. The molecule has 0 bridgehead atoms. The summed E-state index contributed by atoms with van der Waals surface area (Å²) in [6.07, 6.45) is 2.80. The highest BCUT2D eigenvalue weighted by Gasteiger charge is 2.22. The summed E-state index contributed by atoms with van der Waals surface area (Å²) in [7, 11) is 0. The number of rotatable bonds is 6. The molecule has 1 aromatic rings. The maximum absolute atomic E-state index is 11.7. The van der Waals surface area contributed by atoms with E-state index < -0.39 is 0 Å². The van der Waals surface area contributed by atoms with E-state index >= 15 is 0 Å². The molecule has 0 N–H and O–H groups in total. The number of benzene rings is 1. The second-order valence-electron chi connectivity index (χ2n) is 4.76. The highest BCUT2D eigenvalue weighted by molar-refractivity contribution is 7.98. The monoisotopic (exact) mass is 278 g/mol. The van der Waals surface area contributed by atoms with Crippen LogP contribution < -0.4 is 0 Å². The Morgan fingerprint density at radius 1 is 1.37 bits per heavy atom. The van der Waals surface area contributed by atoms with Gasteiger partial charge in [-0.2, -0.15) is 0 Å². The van der Waals surface area contributed by atoms with Crippen LogP contribution in [0.3, 0.4) is 0 Å². The van der Waals surface area contributed by atoms with E-state index in [1.807, 2.05) is 18.4 Å². The summed E-state index contributed by atoms with van der Waals surface area (Å²) in [5.74, 6) is -0.0392. The summed E-state index contributed by atoms with van der Waals surface area (Å²) in [5.41, 5.74) is 1.48. The van der Waals surface area contributed by atoms with E-state index in [1.165, 1.54) is 4.90 Å². The molecule has 0 amide bonds. The fraction of sp³-hybridized carbons (Fsp3) is 0.438. The van der Waals surface area contributed by atoms with Crippen LogP contribution in [0.15, 0.2) is 41.3 Å². The highest BCUT2D eigenvalue weighted by Crippen LogP contribution is 2.30. The van der Waals surface area contributed by atoms with Crippen molar-refractivity contribution in [3.63, 3.8) is 0 Å². The fourth-order valence-corrected chi connectivity index (χ4v) is 2.14. The third-order valence-corrected chi connectivity index (χ3v) is 3.93. The quantitative estimate of drug-likeness (QED) is 0.431. The molecule has 1 rings (SSSR count). The molecule has 1 aromatic carbocycles. The van der Waals surface area contributed by atoms with Crippen molar-refractivity contribution in [3.8, 4) is 0 Å². The van der Waals surface area contributed by atoms with Gasteiger partial charge in [0.05, 0.1) is 0 Å².